The van der Waals surface area contributed by atoms with Gasteiger partial charge in [0, 0.05) is 6.61 Å². The summed E-state index contributed by atoms with van der Waals surface area (Å²) in [5, 5.41) is 0. The van der Waals surface area contributed by atoms with Crippen LogP contribution in [0.3, 0.4) is 0 Å². The minimum Gasteiger partial charge on any atom is -0.440 e. The van der Waals surface area contributed by atoms with E-state index in [-0.39, 0.29) is 11.8 Å². The average Bonchev–Trinajstić information content (AvgIpc) is 2.86. The van der Waals surface area contributed by atoms with Crippen molar-refractivity contribution >= 4 is 0 Å². The van der Waals surface area contributed by atoms with Crippen LogP contribution >= 0.6 is 0 Å². The third-order valence-corrected chi connectivity index (χ3v) is 5.22. The molecule has 3 aliphatic rings. The van der Waals surface area contributed by atoms with Gasteiger partial charge in [0.15, 0.2) is 12.3 Å². The van der Waals surface area contributed by atoms with Crippen LogP contribution in [0.4, 0.5) is 8.78 Å². The molecule has 1 heterocycles. The summed E-state index contributed by atoms with van der Waals surface area (Å²) in [6, 6.07) is 0. The smallest absolute Gasteiger partial charge is 0.164 e. The summed E-state index contributed by atoms with van der Waals surface area (Å²) < 4.78 is 45.3. The van der Waals surface area contributed by atoms with Crippen LogP contribution in [-0.4, -0.2) is 43.4 Å². The SMILES string of the molecule is C#COC1CCC2C3CCC(OCC)C(F)C3OC2C1F. The third-order valence-electron chi connectivity index (χ3n) is 5.22. The summed E-state index contributed by atoms with van der Waals surface area (Å²) in [6.45, 7) is 2.34. The first-order valence-corrected chi connectivity index (χ1v) is 7.83. The summed E-state index contributed by atoms with van der Waals surface area (Å²) in [5.41, 5.74) is 0. The van der Waals surface area contributed by atoms with Crippen molar-refractivity contribution in [1.29, 1.82) is 0 Å². The van der Waals surface area contributed by atoms with Crippen LogP contribution in [-0.2, 0) is 14.2 Å². The van der Waals surface area contributed by atoms with Crippen molar-refractivity contribution in [2.45, 2.75) is 69.4 Å². The predicted molar refractivity (Wildman–Crippen MR) is 73.0 cm³/mol. The first-order chi connectivity index (χ1) is 10.2. The molecule has 3 rings (SSSR count). The van der Waals surface area contributed by atoms with E-state index in [1.54, 1.807) is 0 Å². The second-order valence-electron chi connectivity index (χ2n) is 6.20. The Morgan fingerprint density at radius 1 is 1.05 bits per heavy atom. The Morgan fingerprint density at radius 3 is 2.19 bits per heavy atom. The highest BCUT2D eigenvalue weighted by atomic mass is 19.1. The molecule has 0 aromatic rings. The molecule has 0 spiro atoms. The molecular formula is C16H22F2O3. The largest absolute Gasteiger partial charge is 0.440 e. The number of ether oxygens (including phenoxy) is 3. The number of hydrogen-bond donors (Lipinski definition) is 0. The molecule has 3 fully saturated rings. The molecule has 8 atom stereocenters. The highest BCUT2D eigenvalue weighted by Gasteiger charge is 2.57. The fraction of sp³-hybridized carbons (Fsp3) is 0.875. The minimum absolute atomic E-state index is 0.0726. The summed E-state index contributed by atoms with van der Waals surface area (Å²) >= 11 is 0. The lowest BCUT2D eigenvalue weighted by atomic mass is 9.71. The zero-order valence-electron chi connectivity index (χ0n) is 12.2. The van der Waals surface area contributed by atoms with E-state index in [0.29, 0.717) is 19.4 Å². The number of halogens is 2. The molecule has 0 aromatic heterocycles. The first kappa shape index (κ1) is 15.1. The van der Waals surface area contributed by atoms with Gasteiger partial charge in [-0.05, 0) is 44.4 Å². The van der Waals surface area contributed by atoms with E-state index in [4.69, 9.17) is 20.6 Å². The first-order valence-electron chi connectivity index (χ1n) is 7.83. The molecule has 1 saturated heterocycles. The van der Waals surface area contributed by atoms with E-state index < -0.39 is 36.8 Å². The molecule has 0 bridgehead atoms. The van der Waals surface area contributed by atoms with E-state index in [1.165, 1.54) is 0 Å². The quantitative estimate of drug-likeness (QED) is 0.750. The van der Waals surface area contributed by atoms with Crippen molar-refractivity contribution in [3.63, 3.8) is 0 Å². The van der Waals surface area contributed by atoms with Gasteiger partial charge >= 0.3 is 0 Å². The van der Waals surface area contributed by atoms with Crippen LogP contribution in [0, 0.1) is 24.4 Å². The molecule has 0 aromatic carbocycles. The number of terminal acetylenes is 1. The molecule has 0 N–H and O–H groups in total. The van der Waals surface area contributed by atoms with E-state index in [1.807, 2.05) is 6.92 Å². The van der Waals surface area contributed by atoms with Crippen molar-refractivity contribution in [3.8, 4) is 12.5 Å². The van der Waals surface area contributed by atoms with Gasteiger partial charge in [-0.1, -0.05) is 6.42 Å². The lowest BCUT2D eigenvalue weighted by Gasteiger charge is -2.36. The maximum atomic E-state index is 14.6. The Morgan fingerprint density at radius 2 is 1.62 bits per heavy atom. The van der Waals surface area contributed by atoms with E-state index in [0.717, 1.165) is 12.8 Å². The lowest BCUT2D eigenvalue weighted by Crippen LogP contribution is -2.45. The molecule has 0 radical (unpaired) electrons. The highest BCUT2D eigenvalue weighted by molar-refractivity contribution is 5.05. The molecule has 8 unspecified atom stereocenters. The molecule has 118 valence electrons. The van der Waals surface area contributed by atoms with Crippen molar-refractivity contribution in [2.75, 3.05) is 6.61 Å². The maximum absolute atomic E-state index is 14.6. The Labute approximate surface area is 124 Å². The van der Waals surface area contributed by atoms with Crippen LogP contribution < -0.4 is 0 Å². The standard InChI is InChI=1S/C16H22F2O3/c1-3-19-11-7-5-9-10-6-8-12(20-4-2)14(18)16(10)21-15(9)13(11)17/h1,9-16H,4-8H2,2H3. The number of rotatable bonds is 3. The van der Waals surface area contributed by atoms with Gasteiger partial charge in [-0.25, -0.2) is 8.78 Å². The Hall–Kier alpha value is -0.860. The van der Waals surface area contributed by atoms with Crippen molar-refractivity contribution in [2.24, 2.45) is 11.8 Å². The fourth-order valence-corrected chi connectivity index (χ4v) is 4.31. The van der Waals surface area contributed by atoms with Gasteiger partial charge in [0.25, 0.3) is 0 Å². The molecule has 21 heavy (non-hydrogen) atoms. The molecule has 5 heteroatoms. The van der Waals surface area contributed by atoms with Gasteiger partial charge in [-0.15, -0.1) is 0 Å². The zero-order valence-corrected chi connectivity index (χ0v) is 12.2. The Bertz CT molecular complexity index is 411. The third kappa shape index (κ3) is 2.53. The predicted octanol–water partition coefficient (Wildman–Crippen LogP) is 2.63. The topological polar surface area (TPSA) is 27.7 Å². The normalized spacial score (nSPS) is 49.0. The second-order valence-corrected chi connectivity index (χ2v) is 6.20. The van der Waals surface area contributed by atoms with E-state index in [2.05, 4.69) is 6.11 Å². The molecule has 3 nitrogen and oxygen atoms in total. The minimum atomic E-state index is -1.27. The molecule has 0 amide bonds. The summed E-state index contributed by atoms with van der Waals surface area (Å²) in [6.07, 6.45) is 5.39. The monoisotopic (exact) mass is 300 g/mol. The second kappa shape index (κ2) is 6.10. The van der Waals surface area contributed by atoms with E-state index >= 15 is 0 Å². The number of hydrogen-bond acceptors (Lipinski definition) is 3. The van der Waals surface area contributed by atoms with Gasteiger partial charge < -0.3 is 14.2 Å². The summed E-state index contributed by atoms with van der Waals surface area (Å²) in [5.74, 6) is 0.162. The summed E-state index contributed by atoms with van der Waals surface area (Å²) in [4.78, 5) is 0. The van der Waals surface area contributed by atoms with Crippen LogP contribution in [0.25, 0.3) is 0 Å². The van der Waals surface area contributed by atoms with Gasteiger partial charge in [0.1, 0.15) is 12.2 Å². The van der Waals surface area contributed by atoms with E-state index in [9.17, 15) is 8.78 Å². The molecular weight excluding hydrogens is 278 g/mol. The molecule has 2 aliphatic carbocycles. The van der Waals surface area contributed by atoms with Gasteiger partial charge in [0.2, 0.25) is 0 Å². The van der Waals surface area contributed by atoms with Crippen LogP contribution in [0.5, 0.6) is 0 Å². The number of alkyl halides is 2. The maximum Gasteiger partial charge on any atom is 0.164 e. The lowest BCUT2D eigenvalue weighted by molar-refractivity contribution is -0.124. The zero-order chi connectivity index (χ0) is 15.0. The Kier molecular flexibility index (Phi) is 4.37. The van der Waals surface area contributed by atoms with Gasteiger partial charge in [-0.2, -0.15) is 0 Å². The van der Waals surface area contributed by atoms with Crippen molar-refractivity contribution in [1.82, 2.24) is 0 Å². The van der Waals surface area contributed by atoms with Crippen LogP contribution in [0.2, 0.25) is 0 Å². The highest BCUT2D eigenvalue weighted by Crippen LogP contribution is 2.49. The van der Waals surface area contributed by atoms with Gasteiger partial charge in [0.05, 0.1) is 18.3 Å². The van der Waals surface area contributed by atoms with Crippen LogP contribution in [0.1, 0.15) is 32.6 Å². The fourth-order valence-electron chi connectivity index (χ4n) is 4.31. The molecule has 1 aliphatic heterocycles. The van der Waals surface area contributed by atoms with Crippen LogP contribution in [0.15, 0.2) is 0 Å². The van der Waals surface area contributed by atoms with Crippen molar-refractivity contribution in [3.05, 3.63) is 0 Å². The van der Waals surface area contributed by atoms with Gasteiger partial charge in [-0.3, -0.25) is 0 Å². The number of fused-ring (bicyclic) bond motifs is 3. The Balaban J connectivity index is 1.72. The average molecular weight is 300 g/mol. The molecule has 2 saturated carbocycles. The van der Waals surface area contributed by atoms with Crippen molar-refractivity contribution < 1.29 is 23.0 Å². The summed E-state index contributed by atoms with van der Waals surface area (Å²) in [7, 11) is 0.